The second-order valence-electron chi connectivity index (χ2n) is 4.13. The second-order valence-corrected chi connectivity index (χ2v) is 4.66. The van der Waals surface area contributed by atoms with Gasteiger partial charge in [0.1, 0.15) is 5.38 Å². The average Bonchev–Trinajstić information content (AvgIpc) is 2.21. The highest BCUT2D eigenvalue weighted by Crippen LogP contribution is 2.21. The molecule has 1 heterocycles. The summed E-state index contributed by atoms with van der Waals surface area (Å²) in [6.07, 6.45) is 5.21. The van der Waals surface area contributed by atoms with Crippen molar-refractivity contribution in [2.24, 2.45) is 5.92 Å². The standard InChI is InChI=1S/C11H19ClN2/c1-2-3-10-4-6-14(7-5-10)9-11(12)8-13/h10-11H,2-7,9H2,1H3. The Balaban J connectivity index is 2.19. The predicted molar refractivity (Wildman–Crippen MR) is 59.3 cm³/mol. The molecule has 0 spiro atoms. The lowest BCUT2D eigenvalue weighted by molar-refractivity contribution is 0.183. The van der Waals surface area contributed by atoms with Crippen molar-refractivity contribution >= 4 is 11.6 Å². The fourth-order valence-electron chi connectivity index (χ4n) is 2.13. The molecule has 3 heteroatoms. The zero-order valence-electron chi connectivity index (χ0n) is 8.88. The Morgan fingerprint density at radius 3 is 2.64 bits per heavy atom. The van der Waals surface area contributed by atoms with Gasteiger partial charge in [0, 0.05) is 6.54 Å². The predicted octanol–water partition coefficient (Wildman–Crippen LogP) is 2.63. The first-order valence-corrected chi connectivity index (χ1v) is 5.96. The molecule has 2 nitrogen and oxygen atoms in total. The minimum Gasteiger partial charge on any atom is -0.301 e. The van der Waals surface area contributed by atoms with Crippen molar-refractivity contribution in [1.29, 1.82) is 5.26 Å². The molecule has 0 radical (unpaired) electrons. The summed E-state index contributed by atoms with van der Waals surface area (Å²) >= 11 is 5.79. The molecule has 0 saturated carbocycles. The van der Waals surface area contributed by atoms with Gasteiger partial charge in [-0.15, -0.1) is 11.6 Å². The largest absolute Gasteiger partial charge is 0.301 e. The van der Waals surface area contributed by atoms with Crippen molar-refractivity contribution in [2.75, 3.05) is 19.6 Å². The maximum atomic E-state index is 8.59. The van der Waals surface area contributed by atoms with Crippen molar-refractivity contribution in [3.8, 4) is 6.07 Å². The van der Waals surface area contributed by atoms with Gasteiger partial charge >= 0.3 is 0 Å². The monoisotopic (exact) mass is 214 g/mol. The quantitative estimate of drug-likeness (QED) is 0.673. The van der Waals surface area contributed by atoms with E-state index < -0.39 is 0 Å². The van der Waals surface area contributed by atoms with E-state index >= 15 is 0 Å². The van der Waals surface area contributed by atoms with Gasteiger partial charge in [-0.2, -0.15) is 5.26 Å². The van der Waals surface area contributed by atoms with Gasteiger partial charge in [0.05, 0.1) is 6.07 Å². The van der Waals surface area contributed by atoms with Crippen LogP contribution in [0.25, 0.3) is 0 Å². The van der Waals surface area contributed by atoms with Gasteiger partial charge < -0.3 is 4.90 Å². The molecule has 0 aromatic heterocycles. The summed E-state index contributed by atoms with van der Waals surface area (Å²) in [4.78, 5) is 2.31. The lowest BCUT2D eigenvalue weighted by Gasteiger charge is -2.31. The molecule has 1 atom stereocenters. The summed E-state index contributed by atoms with van der Waals surface area (Å²) in [5.41, 5.74) is 0. The van der Waals surface area contributed by atoms with E-state index in [4.69, 9.17) is 16.9 Å². The van der Waals surface area contributed by atoms with Crippen LogP contribution in [0, 0.1) is 17.2 Å². The average molecular weight is 215 g/mol. The Bertz CT molecular complexity index is 192. The molecule has 1 rings (SSSR count). The number of nitriles is 1. The fraction of sp³-hybridized carbons (Fsp3) is 0.909. The zero-order chi connectivity index (χ0) is 10.4. The minimum atomic E-state index is -0.335. The molecular weight excluding hydrogens is 196 g/mol. The molecular formula is C11H19ClN2. The molecule has 0 aromatic rings. The SMILES string of the molecule is CCCC1CCN(CC(Cl)C#N)CC1. The third-order valence-corrected chi connectivity index (χ3v) is 3.20. The van der Waals surface area contributed by atoms with Crippen LogP contribution in [0.5, 0.6) is 0 Å². The Morgan fingerprint density at radius 1 is 1.50 bits per heavy atom. The van der Waals surface area contributed by atoms with E-state index in [0.29, 0.717) is 0 Å². The van der Waals surface area contributed by atoms with E-state index in [2.05, 4.69) is 17.9 Å². The van der Waals surface area contributed by atoms with Crippen LogP contribution in [0.2, 0.25) is 0 Å². The molecule has 1 unspecified atom stereocenters. The molecule has 1 fully saturated rings. The molecule has 0 amide bonds. The van der Waals surface area contributed by atoms with E-state index in [-0.39, 0.29) is 5.38 Å². The lowest BCUT2D eigenvalue weighted by atomic mass is 9.92. The van der Waals surface area contributed by atoms with E-state index in [9.17, 15) is 0 Å². The zero-order valence-corrected chi connectivity index (χ0v) is 9.63. The van der Waals surface area contributed by atoms with Crippen LogP contribution in [0.4, 0.5) is 0 Å². The number of piperidine rings is 1. The Hall–Kier alpha value is -0.260. The first-order chi connectivity index (χ1) is 6.76. The molecule has 0 aliphatic carbocycles. The highest BCUT2D eigenvalue weighted by Gasteiger charge is 2.19. The van der Waals surface area contributed by atoms with Gasteiger partial charge in [0.2, 0.25) is 0 Å². The summed E-state index contributed by atoms with van der Waals surface area (Å²) in [5, 5.41) is 8.26. The summed E-state index contributed by atoms with van der Waals surface area (Å²) in [6, 6.07) is 2.07. The number of hydrogen-bond acceptors (Lipinski definition) is 2. The Kier molecular flexibility index (Phi) is 5.29. The van der Waals surface area contributed by atoms with Gasteiger partial charge in [0.25, 0.3) is 0 Å². The third kappa shape index (κ3) is 3.86. The molecule has 1 aliphatic heterocycles. The normalized spacial score (nSPS) is 21.8. The van der Waals surface area contributed by atoms with Gasteiger partial charge in [0.15, 0.2) is 0 Å². The Morgan fingerprint density at radius 2 is 2.14 bits per heavy atom. The molecule has 0 bridgehead atoms. The van der Waals surface area contributed by atoms with E-state index in [1.807, 2.05) is 0 Å². The summed E-state index contributed by atoms with van der Waals surface area (Å²) < 4.78 is 0. The summed E-state index contributed by atoms with van der Waals surface area (Å²) in [7, 11) is 0. The van der Waals surface area contributed by atoms with Gasteiger partial charge in [-0.3, -0.25) is 0 Å². The van der Waals surface area contributed by atoms with Crippen molar-refractivity contribution in [2.45, 2.75) is 38.0 Å². The number of nitrogens with zero attached hydrogens (tertiary/aromatic N) is 2. The number of halogens is 1. The van der Waals surface area contributed by atoms with Crippen LogP contribution in [-0.2, 0) is 0 Å². The Labute approximate surface area is 91.8 Å². The van der Waals surface area contributed by atoms with Crippen molar-refractivity contribution < 1.29 is 0 Å². The topological polar surface area (TPSA) is 27.0 Å². The van der Waals surface area contributed by atoms with Crippen LogP contribution in [0.15, 0.2) is 0 Å². The molecule has 0 N–H and O–H groups in total. The van der Waals surface area contributed by atoms with Crippen molar-refractivity contribution in [1.82, 2.24) is 4.90 Å². The van der Waals surface area contributed by atoms with Crippen LogP contribution in [-0.4, -0.2) is 29.9 Å². The number of hydrogen-bond donors (Lipinski definition) is 0. The van der Waals surface area contributed by atoms with Crippen LogP contribution in [0.3, 0.4) is 0 Å². The second kappa shape index (κ2) is 6.27. The minimum absolute atomic E-state index is 0.335. The number of likely N-dealkylation sites (tertiary alicyclic amines) is 1. The van der Waals surface area contributed by atoms with Crippen molar-refractivity contribution in [3.05, 3.63) is 0 Å². The van der Waals surface area contributed by atoms with Crippen LogP contribution in [0.1, 0.15) is 32.6 Å². The lowest BCUT2D eigenvalue weighted by Crippen LogP contribution is -2.37. The van der Waals surface area contributed by atoms with Crippen LogP contribution >= 0.6 is 11.6 Å². The summed E-state index contributed by atoms with van der Waals surface area (Å²) in [5.74, 6) is 0.909. The first-order valence-electron chi connectivity index (χ1n) is 5.52. The fourth-order valence-corrected chi connectivity index (χ4v) is 2.33. The van der Waals surface area contributed by atoms with Crippen LogP contribution < -0.4 is 0 Å². The molecule has 1 saturated heterocycles. The first kappa shape index (κ1) is 11.8. The van der Waals surface area contributed by atoms with Gasteiger partial charge in [-0.25, -0.2) is 0 Å². The van der Waals surface area contributed by atoms with Gasteiger partial charge in [-0.1, -0.05) is 19.8 Å². The maximum Gasteiger partial charge on any atom is 0.133 e. The van der Waals surface area contributed by atoms with E-state index in [1.54, 1.807) is 0 Å². The molecule has 0 aromatic carbocycles. The molecule has 80 valence electrons. The molecule has 1 aliphatic rings. The highest BCUT2D eigenvalue weighted by molar-refractivity contribution is 6.22. The van der Waals surface area contributed by atoms with Crippen molar-refractivity contribution in [3.63, 3.8) is 0 Å². The smallest absolute Gasteiger partial charge is 0.133 e. The number of alkyl halides is 1. The summed E-state index contributed by atoms with van der Waals surface area (Å²) in [6.45, 7) is 5.22. The molecule has 14 heavy (non-hydrogen) atoms. The van der Waals surface area contributed by atoms with E-state index in [1.165, 1.54) is 25.7 Å². The van der Waals surface area contributed by atoms with Gasteiger partial charge in [-0.05, 0) is 31.8 Å². The maximum absolute atomic E-state index is 8.59. The third-order valence-electron chi connectivity index (χ3n) is 2.96. The highest BCUT2D eigenvalue weighted by atomic mass is 35.5. The number of rotatable bonds is 4. The van der Waals surface area contributed by atoms with E-state index in [0.717, 1.165) is 25.6 Å².